The molecule has 7 nitrogen and oxygen atoms in total. The number of carbonyl (C=O) groups excluding carboxylic acids is 2. The number of hydrogen-bond acceptors (Lipinski definition) is 6. The number of amides is 1. The zero-order valence-electron chi connectivity index (χ0n) is 14.3. The van der Waals surface area contributed by atoms with Crippen molar-refractivity contribution in [2.45, 2.75) is 26.4 Å². The number of benzene rings is 1. The fraction of sp³-hybridized carbons (Fsp3) is 0.263. The number of carbonyl (C=O) groups is 2. The molecule has 0 radical (unpaired) electrons. The molecule has 132 valence electrons. The Morgan fingerprint density at radius 2 is 1.96 bits per heavy atom. The lowest BCUT2D eigenvalue weighted by atomic mass is 10.1. The van der Waals surface area contributed by atoms with E-state index in [-0.39, 0.29) is 17.2 Å². The van der Waals surface area contributed by atoms with Gasteiger partial charge in [-0.1, -0.05) is 0 Å². The molecule has 1 aromatic carbocycles. The quantitative estimate of drug-likeness (QED) is 0.784. The molecule has 7 heteroatoms. The number of esters is 1. The van der Waals surface area contributed by atoms with Crippen molar-refractivity contribution in [2.24, 2.45) is 0 Å². The van der Waals surface area contributed by atoms with Crippen molar-refractivity contribution in [1.82, 2.24) is 0 Å². The smallest absolute Gasteiger partial charge is 0.342 e. The largest absolute Gasteiger partial charge is 0.448 e. The second kappa shape index (κ2) is 6.84. The predicted octanol–water partition coefficient (Wildman–Crippen LogP) is 2.09. The van der Waals surface area contributed by atoms with E-state index >= 15 is 0 Å². The highest BCUT2D eigenvalue weighted by Crippen LogP contribution is 2.25. The van der Waals surface area contributed by atoms with E-state index in [1.54, 1.807) is 31.2 Å². The summed E-state index contributed by atoms with van der Waals surface area (Å²) >= 11 is 0. The first-order valence-corrected chi connectivity index (χ1v) is 8.04. The Balaban J connectivity index is 1.76. The number of aryl methyl sites for hydroxylation is 2. The number of rotatable bonds is 3. The molecule has 2 heterocycles. The molecule has 1 aliphatic heterocycles. The van der Waals surface area contributed by atoms with E-state index in [0.717, 1.165) is 0 Å². The molecular weight excluding hydrogens is 336 g/mol. The van der Waals surface area contributed by atoms with Gasteiger partial charge in [0.1, 0.15) is 11.3 Å². The molecule has 1 aliphatic rings. The Bertz CT molecular complexity index is 943. The van der Waals surface area contributed by atoms with Gasteiger partial charge in [0.15, 0.2) is 6.10 Å². The summed E-state index contributed by atoms with van der Waals surface area (Å²) in [5.74, 6) is -0.853. The van der Waals surface area contributed by atoms with Crippen LogP contribution >= 0.6 is 0 Å². The first-order valence-electron chi connectivity index (χ1n) is 8.04. The minimum Gasteiger partial charge on any atom is -0.448 e. The maximum Gasteiger partial charge on any atom is 0.342 e. The molecule has 2 aromatic rings. The standard InChI is InChI=1S/C19H16N2O5/c1-11-9-16(22)25-12(2)17(11)19(24)26-15-7-8-21(18(15)23)14-5-3-13(10-20)4-6-14/h3-6,9,15H,7-8H2,1-2H3/t15-/m1/s1. The molecule has 26 heavy (non-hydrogen) atoms. The van der Waals surface area contributed by atoms with Gasteiger partial charge < -0.3 is 14.1 Å². The fourth-order valence-electron chi connectivity index (χ4n) is 2.99. The summed E-state index contributed by atoms with van der Waals surface area (Å²) in [6, 6.07) is 9.85. The van der Waals surface area contributed by atoms with Crippen molar-refractivity contribution in [3.05, 3.63) is 63.2 Å². The van der Waals surface area contributed by atoms with Gasteiger partial charge in [0.05, 0.1) is 11.6 Å². The van der Waals surface area contributed by atoms with E-state index in [0.29, 0.717) is 29.8 Å². The second-order valence-electron chi connectivity index (χ2n) is 6.01. The summed E-state index contributed by atoms with van der Waals surface area (Å²) in [4.78, 5) is 37.8. The van der Waals surface area contributed by atoms with Crippen LogP contribution in [0.5, 0.6) is 0 Å². The van der Waals surface area contributed by atoms with Crippen molar-refractivity contribution < 1.29 is 18.7 Å². The summed E-state index contributed by atoms with van der Waals surface area (Å²) < 4.78 is 10.3. The number of anilines is 1. The fourth-order valence-corrected chi connectivity index (χ4v) is 2.99. The van der Waals surface area contributed by atoms with Gasteiger partial charge in [-0.3, -0.25) is 4.79 Å². The molecule has 1 atom stereocenters. The predicted molar refractivity (Wildman–Crippen MR) is 91.8 cm³/mol. The van der Waals surface area contributed by atoms with Gasteiger partial charge in [0.25, 0.3) is 5.91 Å². The maximum atomic E-state index is 12.6. The van der Waals surface area contributed by atoms with Crippen LogP contribution < -0.4 is 10.5 Å². The highest BCUT2D eigenvalue weighted by Gasteiger charge is 2.36. The van der Waals surface area contributed by atoms with Crippen LogP contribution in [0.2, 0.25) is 0 Å². The topological polar surface area (TPSA) is 101 Å². The summed E-state index contributed by atoms with van der Waals surface area (Å²) in [6.07, 6.45) is -0.539. The molecule has 1 amide bonds. The summed E-state index contributed by atoms with van der Waals surface area (Å²) in [6.45, 7) is 3.52. The van der Waals surface area contributed by atoms with Crippen LogP contribution in [0.4, 0.5) is 5.69 Å². The van der Waals surface area contributed by atoms with Gasteiger partial charge in [-0.05, 0) is 43.7 Å². The molecule has 0 aliphatic carbocycles. The van der Waals surface area contributed by atoms with Crippen LogP contribution in [0.3, 0.4) is 0 Å². The molecule has 0 saturated carbocycles. The lowest BCUT2D eigenvalue weighted by Gasteiger charge is -2.17. The van der Waals surface area contributed by atoms with Crippen LogP contribution in [0.25, 0.3) is 0 Å². The van der Waals surface area contributed by atoms with Crippen molar-refractivity contribution in [3.63, 3.8) is 0 Å². The van der Waals surface area contributed by atoms with Gasteiger partial charge in [0.2, 0.25) is 0 Å². The maximum absolute atomic E-state index is 12.6. The van der Waals surface area contributed by atoms with E-state index in [4.69, 9.17) is 14.4 Å². The van der Waals surface area contributed by atoms with Crippen molar-refractivity contribution in [2.75, 3.05) is 11.4 Å². The van der Waals surface area contributed by atoms with Crippen molar-refractivity contribution in [3.8, 4) is 6.07 Å². The van der Waals surface area contributed by atoms with Gasteiger partial charge in [-0.25, -0.2) is 9.59 Å². The Hall–Kier alpha value is -3.40. The van der Waals surface area contributed by atoms with Crippen LogP contribution in [-0.2, 0) is 9.53 Å². The third-order valence-electron chi connectivity index (χ3n) is 4.25. The molecule has 0 N–H and O–H groups in total. The van der Waals surface area contributed by atoms with Gasteiger partial charge in [0, 0.05) is 24.7 Å². The van der Waals surface area contributed by atoms with E-state index in [1.807, 2.05) is 6.07 Å². The zero-order valence-corrected chi connectivity index (χ0v) is 14.3. The first kappa shape index (κ1) is 17.4. The van der Waals surface area contributed by atoms with Crippen molar-refractivity contribution >= 4 is 17.6 Å². The van der Waals surface area contributed by atoms with E-state index in [2.05, 4.69) is 0 Å². The molecule has 1 saturated heterocycles. The molecule has 3 rings (SSSR count). The molecule has 0 spiro atoms. The minimum atomic E-state index is -0.899. The van der Waals surface area contributed by atoms with Crippen LogP contribution in [0.15, 0.2) is 39.5 Å². The average molecular weight is 352 g/mol. The Labute approximate surface area is 149 Å². The summed E-state index contributed by atoms with van der Waals surface area (Å²) in [5, 5.41) is 8.84. The lowest BCUT2D eigenvalue weighted by Crippen LogP contribution is -2.32. The Kier molecular flexibility index (Phi) is 4.59. The number of ether oxygens (including phenoxy) is 1. The lowest BCUT2D eigenvalue weighted by molar-refractivity contribution is -0.124. The Morgan fingerprint density at radius 3 is 2.58 bits per heavy atom. The first-order chi connectivity index (χ1) is 12.4. The van der Waals surface area contributed by atoms with Crippen LogP contribution in [0, 0.1) is 25.2 Å². The molecule has 1 fully saturated rings. The summed E-state index contributed by atoms with van der Waals surface area (Å²) in [5.41, 5.74) is 1.21. The molecule has 0 bridgehead atoms. The van der Waals surface area contributed by atoms with Gasteiger partial charge in [-0.15, -0.1) is 0 Å². The third kappa shape index (κ3) is 3.22. The zero-order chi connectivity index (χ0) is 18.8. The van der Waals surface area contributed by atoms with E-state index in [9.17, 15) is 14.4 Å². The van der Waals surface area contributed by atoms with Crippen LogP contribution in [0.1, 0.15) is 33.7 Å². The van der Waals surface area contributed by atoms with E-state index < -0.39 is 17.7 Å². The average Bonchev–Trinajstić information content (AvgIpc) is 2.94. The highest BCUT2D eigenvalue weighted by molar-refractivity contribution is 6.01. The minimum absolute atomic E-state index is 0.161. The molecular formula is C19H16N2O5. The number of nitrogens with zero attached hydrogens (tertiary/aromatic N) is 2. The van der Waals surface area contributed by atoms with E-state index in [1.165, 1.54) is 17.9 Å². The highest BCUT2D eigenvalue weighted by atomic mass is 16.5. The van der Waals surface area contributed by atoms with Crippen molar-refractivity contribution in [1.29, 1.82) is 5.26 Å². The monoisotopic (exact) mass is 352 g/mol. The van der Waals surface area contributed by atoms with Gasteiger partial charge in [-0.2, -0.15) is 5.26 Å². The molecule has 1 aromatic heterocycles. The number of nitriles is 1. The van der Waals surface area contributed by atoms with Gasteiger partial charge >= 0.3 is 11.6 Å². The number of hydrogen-bond donors (Lipinski definition) is 0. The molecule has 0 unspecified atom stereocenters. The SMILES string of the molecule is Cc1cc(=O)oc(C)c1C(=O)O[C@@H]1CCN(c2ccc(C#N)cc2)C1=O. The second-order valence-corrected chi connectivity index (χ2v) is 6.01. The third-order valence-corrected chi connectivity index (χ3v) is 4.25. The Morgan fingerprint density at radius 1 is 1.27 bits per heavy atom. The van der Waals surface area contributed by atoms with Crippen LogP contribution in [-0.4, -0.2) is 24.5 Å². The normalized spacial score (nSPS) is 16.4. The summed E-state index contributed by atoms with van der Waals surface area (Å²) in [7, 11) is 0.